The Kier molecular flexibility index (Phi) is 3.94. The second kappa shape index (κ2) is 5.50. The van der Waals surface area contributed by atoms with Crippen LogP contribution in [-0.2, 0) is 0 Å². The van der Waals surface area contributed by atoms with Crippen LogP contribution in [0.15, 0.2) is 18.2 Å². The number of nitrogens with zero attached hydrogens (tertiary/aromatic N) is 1. The van der Waals surface area contributed by atoms with E-state index in [0.29, 0.717) is 29.6 Å². The number of hydrogen-bond donors (Lipinski definition) is 4. The summed E-state index contributed by atoms with van der Waals surface area (Å²) in [6.07, 6.45) is 1.16. The minimum Gasteiger partial charge on any atom is -0.399 e. The monoisotopic (exact) mass is 276 g/mol. The van der Waals surface area contributed by atoms with Crippen molar-refractivity contribution in [1.82, 2.24) is 15.5 Å². The highest BCUT2D eigenvalue weighted by atomic mass is 16.3. The predicted molar refractivity (Wildman–Crippen MR) is 78.4 cm³/mol. The third kappa shape index (κ3) is 2.75. The standard InChI is InChI=1S/C14H20N4O2/c1-3-14(20,4-2)8-16-13(19)12-10-7-9(15)5-6-11(10)17-18-12/h5-7,20H,3-4,8,15H2,1-2H3,(H,16,19)(H,17,18). The molecule has 0 spiro atoms. The van der Waals surface area contributed by atoms with E-state index >= 15 is 0 Å². The van der Waals surface area contributed by atoms with E-state index in [1.165, 1.54) is 0 Å². The normalized spacial score (nSPS) is 11.8. The Morgan fingerprint density at radius 3 is 2.80 bits per heavy atom. The summed E-state index contributed by atoms with van der Waals surface area (Å²) in [6, 6.07) is 5.23. The number of carbonyl (C=O) groups excluding carboxylic acids is 1. The number of aromatic nitrogens is 2. The molecule has 108 valence electrons. The number of carbonyl (C=O) groups is 1. The summed E-state index contributed by atoms with van der Waals surface area (Å²) >= 11 is 0. The molecule has 5 N–H and O–H groups in total. The molecule has 0 fully saturated rings. The summed E-state index contributed by atoms with van der Waals surface area (Å²) in [5.41, 5.74) is 6.47. The zero-order chi connectivity index (χ0) is 14.8. The molecule has 0 atom stereocenters. The van der Waals surface area contributed by atoms with Gasteiger partial charge in [0.05, 0.1) is 11.1 Å². The fraction of sp³-hybridized carbons (Fsp3) is 0.429. The molecule has 0 unspecified atom stereocenters. The fourth-order valence-corrected chi connectivity index (χ4v) is 2.03. The number of rotatable bonds is 5. The number of benzene rings is 1. The van der Waals surface area contributed by atoms with E-state index in [9.17, 15) is 9.90 Å². The highest BCUT2D eigenvalue weighted by molar-refractivity contribution is 6.05. The fourth-order valence-electron chi connectivity index (χ4n) is 2.03. The van der Waals surface area contributed by atoms with E-state index in [0.717, 1.165) is 5.52 Å². The molecule has 1 heterocycles. The second-order valence-corrected chi connectivity index (χ2v) is 4.99. The summed E-state index contributed by atoms with van der Waals surface area (Å²) < 4.78 is 0. The van der Waals surface area contributed by atoms with Crippen molar-refractivity contribution in [2.45, 2.75) is 32.3 Å². The minimum absolute atomic E-state index is 0.204. The maximum absolute atomic E-state index is 12.2. The van der Waals surface area contributed by atoms with Crippen molar-refractivity contribution in [1.29, 1.82) is 0 Å². The van der Waals surface area contributed by atoms with Gasteiger partial charge in [-0.05, 0) is 31.0 Å². The Hall–Kier alpha value is -2.08. The third-order valence-corrected chi connectivity index (χ3v) is 3.70. The number of fused-ring (bicyclic) bond motifs is 1. The summed E-state index contributed by atoms with van der Waals surface area (Å²) in [7, 11) is 0. The molecule has 0 radical (unpaired) electrons. The van der Waals surface area contributed by atoms with E-state index in [2.05, 4.69) is 15.5 Å². The first-order valence-corrected chi connectivity index (χ1v) is 6.73. The van der Waals surface area contributed by atoms with Crippen molar-refractivity contribution in [2.24, 2.45) is 0 Å². The van der Waals surface area contributed by atoms with Crippen molar-refractivity contribution >= 4 is 22.5 Å². The first-order valence-electron chi connectivity index (χ1n) is 6.73. The van der Waals surface area contributed by atoms with Crippen molar-refractivity contribution < 1.29 is 9.90 Å². The highest BCUT2D eigenvalue weighted by Gasteiger charge is 2.24. The lowest BCUT2D eigenvalue weighted by Crippen LogP contribution is -2.42. The van der Waals surface area contributed by atoms with Crippen LogP contribution in [0.1, 0.15) is 37.2 Å². The number of aliphatic hydroxyl groups is 1. The largest absolute Gasteiger partial charge is 0.399 e. The number of nitrogens with one attached hydrogen (secondary N) is 2. The Morgan fingerprint density at radius 1 is 1.45 bits per heavy atom. The summed E-state index contributed by atoms with van der Waals surface area (Å²) in [5, 5.41) is 20.4. The molecule has 2 rings (SSSR count). The minimum atomic E-state index is -0.874. The molecular weight excluding hydrogens is 256 g/mol. The Labute approximate surface area is 117 Å². The SMILES string of the molecule is CCC(O)(CC)CNC(=O)c1n[nH]c2ccc(N)cc12. The van der Waals surface area contributed by atoms with Gasteiger partial charge in [0, 0.05) is 17.6 Å². The van der Waals surface area contributed by atoms with E-state index in [-0.39, 0.29) is 12.5 Å². The molecular formula is C14H20N4O2. The molecule has 1 amide bonds. The molecule has 0 saturated heterocycles. The molecule has 0 saturated carbocycles. The van der Waals surface area contributed by atoms with Gasteiger partial charge >= 0.3 is 0 Å². The number of anilines is 1. The Balaban J connectivity index is 2.18. The lowest BCUT2D eigenvalue weighted by atomic mass is 9.97. The first kappa shape index (κ1) is 14.3. The highest BCUT2D eigenvalue weighted by Crippen LogP contribution is 2.19. The van der Waals surface area contributed by atoms with Crippen LogP contribution in [0.4, 0.5) is 5.69 Å². The maximum atomic E-state index is 12.2. The molecule has 1 aromatic carbocycles. The molecule has 1 aromatic heterocycles. The lowest BCUT2D eigenvalue weighted by Gasteiger charge is -2.25. The molecule has 0 aliphatic carbocycles. The van der Waals surface area contributed by atoms with Crippen LogP contribution in [0, 0.1) is 0 Å². The van der Waals surface area contributed by atoms with E-state index in [1.807, 2.05) is 13.8 Å². The lowest BCUT2D eigenvalue weighted by molar-refractivity contribution is 0.0313. The maximum Gasteiger partial charge on any atom is 0.272 e. The third-order valence-electron chi connectivity index (χ3n) is 3.70. The molecule has 0 aliphatic heterocycles. The molecule has 20 heavy (non-hydrogen) atoms. The van der Waals surface area contributed by atoms with Gasteiger partial charge in [-0.25, -0.2) is 0 Å². The van der Waals surface area contributed by atoms with Gasteiger partial charge < -0.3 is 16.2 Å². The van der Waals surface area contributed by atoms with Crippen molar-refractivity contribution in [3.05, 3.63) is 23.9 Å². The molecule has 0 aliphatic rings. The average molecular weight is 276 g/mol. The van der Waals surface area contributed by atoms with E-state index in [4.69, 9.17) is 5.73 Å². The molecule has 6 nitrogen and oxygen atoms in total. The molecule has 0 bridgehead atoms. The zero-order valence-electron chi connectivity index (χ0n) is 11.7. The predicted octanol–water partition coefficient (Wildman–Crippen LogP) is 1.43. The number of nitrogen functional groups attached to an aromatic ring is 1. The van der Waals surface area contributed by atoms with Crippen LogP contribution in [0.25, 0.3) is 10.9 Å². The van der Waals surface area contributed by atoms with Crippen molar-refractivity contribution in [3.63, 3.8) is 0 Å². The second-order valence-electron chi connectivity index (χ2n) is 4.99. The van der Waals surface area contributed by atoms with Crippen LogP contribution >= 0.6 is 0 Å². The van der Waals surface area contributed by atoms with Gasteiger partial charge in [0.1, 0.15) is 0 Å². The number of amides is 1. The van der Waals surface area contributed by atoms with Gasteiger partial charge in [-0.3, -0.25) is 9.89 Å². The summed E-state index contributed by atoms with van der Waals surface area (Å²) in [5.74, 6) is -0.317. The van der Waals surface area contributed by atoms with Crippen molar-refractivity contribution in [3.8, 4) is 0 Å². The Bertz CT molecular complexity index is 617. The van der Waals surface area contributed by atoms with Crippen LogP contribution in [0.2, 0.25) is 0 Å². The molecule has 6 heteroatoms. The van der Waals surface area contributed by atoms with E-state index < -0.39 is 5.60 Å². The van der Waals surface area contributed by atoms with Crippen LogP contribution < -0.4 is 11.1 Å². The van der Waals surface area contributed by atoms with Crippen LogP contribution in [-0.4, -0.2) is 33.4 Å². The zero-order valence-corrected chi connectivity index (χ0v) is 11.7. The number of aromatic amines is 1. The van der Waals surface area contributed by atoms with Gasteiger partial charge in [0.2, 0.25) is 0 Å². The number of nitrogens with two attached hydrogens (primary N) is 1. The first-order chi connectivity index (χ1) is 9.49. The Morgan fingerprint density at radius 2 is 2.15 bits per heavy atom. The van der Waals surface area contributed by atoms with Gasteiger partial charge in [-0.15, -0.1) is 0 Å². The van der Waals surface area contributed by atoms with Gasteiger partial charge in [-0.1, -0.05) is 13.8 Å². The summed E-state index contributed by atoms with van der Waals surface area (Å²) in [6.45, 7) is 3.98. The van der Waals surface area contributed by atoms with Crippen LogP contribution in [0.3, 0.4) is 0 Å². The van der Waals surface area contributed by atoms with Gasteiger partial charge in [-0.2, -0.15) is 5.10 Å². The van der Waals surface area contributed by atoms with Gasteiger partial charge in [0.15, 0.2) is 5.69 Å². The summed E-state index contributed by atoms with van der Waals surface area (Å²) in [4.78, 5) is 12.2. The smallest absolute Gasteiger partial charge is 0.272 e. The van der Waals surface area contributed by atoms with Gasteiger partial charge in [0.25, 0.3) is 5.91 Å². The van der Waals surface area contributed by atoms with Crippen molar-refractivity contribution in [2.75, 3.05) is 12.3 Å². The number of H-pyrrole nitrogens is 1. The molecule has 2 aromatic rings. The number of hydrogen-bond acceptors (Lipinski definition) is 4. The topological polar surface area (TPSA) is 104 Å². The quantitative estimate of drug-likeness (QED) is 0.620. The van der Waals surface area contributed by atoms with Crippen LogP contribution in [0.5, 0.6) is 0 Å². The average Bonchev–Trinajstić information content (AvgIpc) is 2.87. The van der Waals surface area contributed by atoms with E-state index in [1.54, 1.807) is 18.2 Å².